The summed E-state index contributed by atoms with van der Waals surface area (Å²) in [5.74, 6) is -0.656. The standard InChI is InChI=1S/C19H18N4O4/c1-12-8-20-23(9-12)11-16-7-17(21-27-16)18(24)22-5-4-13-2-3-14(19(25)26)6-15(13)10-22/h2-3,6-9H,4-5,10-11H2,1H3,(H,25,26). The van der Waals surface area contributed by atoms with Gasteiger partial charge < -0.3 is 14.5 Å². The van der Waals surface area contributed by atoms with Crippen LogP contribution in [-0.4, -0.2) is 43.4 Å². The largest absolute Gasteiger partial charge is 0.478 e. The Kier molecular flexibility index (Phi) is 4.23. The minimum absolute atomic E-state index is 0.223. The summed E-state index contributed by atoms with van der Waals surface area (Å²) in [7, 11) is 0. The topological polar surface area (TPSA) is 101 Å². The first-order valence-electron chi connectivity index (χ1n) is 8.58. The Labute approximate surface area is 155 Å². The monoisotopic (exact) mass is 366 g/mol. The van der Waals surface area contributed by atoms with E-state index in [9.17, 15) is 9.59 Å². The number of benzene rings is 1. The Balaban J connectivity index is 1.49. The van der Waals surface area contributed by atoms with Crippen LogP contribution < -0.4 is 0 Å². The van der Waals surface area contributed by atoms with Crippen molar-refractivity contribution in [2.24, 2.45) is 0 Å². The molecule has 8 heteroatoms. The van der Waals surface area contributed by atoms with E-state index < -0.39 is 5.97 Å². The van der Waals surface area contributed by atoms with Crippen molar-refractivity contribution in [3.63, 3.8) is 0 Å². The molecule has 0 unspecified atom stereocenters. The van der Waals surface area contributed by atoms with Gasteiger partial charge >= 0.3 is 5.97 Å². The van der Waals surface area contributed by atoms with E-state index in [2.05, 4.69) is 10.3 Å². The fourth-order valence-corrected chi connectivity index (χ4v) is 3.23. The lowest BCUT2D eigenvalue weighted by atomic mass is 9.97. The molecule has 1 aliphatic rings. The predicted molar refractivity (Wildman–Crippen MR) is 94.4 cm³/mol. The third kappa shape index (κ3) is 3.46. The summed E-state index contributed by atoms with van der Waals surface area (Å²) in [6.07, 6.45) is 4.31. The Morgan fingerprint density at radius 2 is 2.11 bits per heavy atom. The maximum absolute atomic E-state index is 12.8. The maximum atomic E-state index is 12.8. The molecule has 0 saturated heterocycles. The van der Waals surface area contributed by atoms with Crippen molar-refractivity contribution >= 4 is 11.9 Å². The second-order valence-electron chi connectivity index (χ2n) is 6.66. The average molecular weight is 366 g/mol. The normalized spacial score (nSPS) is 13.4. The van der Waals surface area contributed by atoms with Crippen LogP contribution in [0.25, 0.3) is 0 Å². The summed E-state index contributed by atoms with van der Waals surface area (Å²) in [6.45, 7) is 3.26. The summed E-state index contributed by atoms with van der Waals surface area (Å²) in [5.41, 5.74) is 3.43. The highest BCUT2D eigenvalue weighted by Crippen LogP contribution is 2.22. The smallest absolute Gasteiger partial charge is 0.335 e. The summed E-state index contributed by atoms with van der Waals surface area (Å²) in [6, 6.07) is 6.67. The number of carbonyl (C=O) groups excluding carboxylic acids is 1. The first-order valence-corrected chi connectivity index (χ1v) is 8.58. The van der Waals surface area contributed by atoms with E-state index in [1.54, 1.807) is 34.0 Å². The zero-order chi connectivity index (χ0) is 19.0. The lowest BCUT2D eigenvalue weighted by molar-refractivity contribution is 0.0696. The molecular formula is C19H18N4O4. The molecule has 0 radical (unpaired) electrons. The van der Waals surface area contributed by atoms with Crippen LogP contribution in [0.1, 0.15) is 43.3 Å². The number of rotatable bonds is 4. The van der Waals surface area contributed by atoms with Crippen molar-refractivity contribution in [1.29, 1.82) is 0 Å². The van der Waals surface area contributed by atoms with Gasteiger partial charge in [-0.25, -0.2) is 4.79 Å². The Morgan fingerprint density at radius 3 is 2.85 bits per heavy atom. The first-order chi connectivity index (χ1) is 13.0. The molecule has 1 amide bonds. The van der Waals surface area contributed by atoms with Gasteiger partial charge in [0.25, 0.3) is 5.91 Å². The van der Waals surface area contributed by atoms with Crippen molar-refractivity contribution in [2.75, 3.05) is 6.54 Å². The van der Waals surface area contributed by atoms with Crippen LogP contribution in [-0.2, 0) is 19.5 Å². The summed E-state index contributed by atoms with van der Waals surface area (Å²) >= 11 is 0. The number of aryl methyl sites for hydroxylation is 1. The molecule has 4 rings (SSSR count). The van der Waals surface area contributed by atoms with Gasteiger partial charge in [-0.15, -0.1) is 0 Å². The zero-order valence-corrected chi connectivity index (χ0v) is 14.8. The van der Waals surface area contributed by atoms with Gasteiger partial charge in [-0.1, -0.05) is 11.2 Å². The van der Waals surface area contributed by atoms with E-state index >= 15 is 0 Å². The highest BCUT2D eigenvalue weighted by atomic mass is 16.5. The number of amides is 1. The van der Waals surface area contributed by atoms with Gasteiger partial charge in [0, 0.05) is 25.4 Å². The number of aromatic carboxylic acids is 1. The van der Waals surface area contributed by atoms with Crippen LogP contribution in [0.2, 0.25) is 0 Å². The van der Waals surface area contributed by atoms with Crippen LogP contribution in [0, 0.1) is 6.92 Å². The molecule has 0 aliphatic carbocycles. The van der Waals surface area contributed by atoms with Gasteiger partial charge in [0.1, 0.15) is 6.54 Å². The fourth-order valence-electron chi connectivity index (χ4n) is 3.23. The van der Waals surface area contributed by atoms with Crippen molar-refractivity contribution in [1.82, 2.24) is 19.8 Å². The van der Waals surface area contributed by atoms with Crippen LogP contribution >= 0.6 is 0 Å². The number of nitrogens with zero attached hydrogens (tertiary/aromatic N) is 4. The highest BCUT2D eigenvalue weighted by molar-refractivity contribution is 5.92. The zero-order valence-electron chi connectivity index (χ0n) is 14.8. The van der Waals surface area contributed by atoms with Crippen LogP contribution in [0.5, 0.6) is 0 Å². The summed E-state index contributed by atoms with van der Waals surface area (Å²) in [4.78, 5) is 25.6. The summed E-state index contributed by atoms with van der Waals surface area (Å²) < 4.78 is 6.99. The molecular weight excluding hydrogens is 348 g/mol. The van der Waals surface area contributed by atoms with Gasteiger partial charge in [0.2, 0.25) is 0 Å². The molecule has 8 nitrogen and oxygen atoms in total. The predicted octanol–water partition coefficient (Wildman–Crippen LogP) is 2.12. The second-order valence-corrected chi connectivity index (χ2v) is 6.66. The van der Waals surface area contributed by atoms with E-state index in [0.29, 0.717) is 31.8 Å². The molecule has 1 aromatic carbocycles. The maximum Gasteiger partial charge on any atom is 0.335 e. The quantitative estimate of drug-likeness (QED) is 0.759. The average Bonchev–Trinajstić information content (AvgIpc) is 3.29. The Hall–Kier alpha value is -3.42. The molecule has 0 fully saturated rings. The van der Waals surface area contributed by atoms with Crippen molar-refractivity contribution < 1.29 is 19.2 Å². The number of hydrogen-bond donors (Lipinski definition) is 1. The molecule has 1 aliphatic heterocycles. The second kappa shape index (κ2) is 6.71. The number of hydrogen-bond acceptors (Lipinski definition) is 5. The number of aromatic nitrogens is 3. The minimum Gasteiger partial charge on any atom is -0.478 e. The molecule has 0 saturated carbocycles. The third-order valence-electron chi connectivity index (χ3n) is 4.61. The van der Waals surface area contributed by atoms with E-state index in [1.165, 1.54) is 0 Å². The van der Waals surface area contributed by atoms with E-state index in [1.807, 2.05) is 19.2 Å². The highest BCUT2D eigenvalue weighted by Gasteiger charge is 2.25. The lowest BCUT2D eigenvalue weighted by Gasteiger charge is -2.28. The molecule has 138 valence electrons. The number of carboxylic acids is 1. The Bertz CT molecular complexity index is 1020. The van der Waals surface area contributed by atoms with Crippen molar-refractivity contribution in [3.8, 4) is 0 Å². The SMILES string of the molecule is Cc1cnn(Cc2cc(C(=O)N3CCc4ccc(C(=O)O)cc4C3)no2)c1. The molecule has 0 spiro atoms. The molecule has 27 heavy (non-hydrogen) atoms. The van der Waals surface area contributed by atoms with Crippen molar-refractivity contribution in [3.05, 3.63) is 70.4 Å². The van der Waals surface area contributed by atoms with Crippen LogP contribution in [0.4, 0.5) is 0 Å². The van der Waals surface area contributed by atoms with Gasteiger partial charge in [-0.3, -0.25) is 9.48 Å². The lowest BCUT2D eigenvalue weighted by Crippen LogP contribution is -2.36. The molecule has 0 bridgehead atoms. The molecule has 0 atom stereocenters. The number of carbonyl (C=O) groups is 2. The molecule has 3 aromatic rings. The van der Waals surface area contributed by atoms with Gasteiger partial charge in [0.15, 0.2) is 11.5 Å². The van der Waals surface area contributed by atoms with Gasteiger partial charge in [-0.05, 0) is 42.2 Å². The molecule has 2 aromatic heterocycles. The van der Waals surface area contributed by atoms with E-state index in [-0.39, 0.29) is 17.2 Å². The first kappa shape index (κ1) is 17.0. The van der Waals surface area contributed by atoms with Crippen LogP contribution in [0.15, 0.2) is 41.2 Å². The number of fused-ring (bicyclic) bond motifs is 1. The molecule has 3 heterocycles. The minimum atomic E-state index is -0.976. The number of carboxylic acid groups (broad SMARTS) is 1. The van der Waals surface area contributed by atoms with Gasteiger partial charge in [-0.2, -0.15) is 5.10 Å². The van der Waals surface area contributed by atoms with Crippen molar-refractivity contribution in [2.45, 2.75) is 26.4 Å². The van der Waals surface area contributed by atoms with E-state index in [0.717, 1.165) is 16.7 Å². The van der Waals surface area contributed by atoms with Crippen LogP contribution in [0.3, 0.4) is 0 Å². The third-order valence-corrected chi connectivity index (χ3v) is 4.61. The summed E-state index contributed by atoms with van der Waals surface area (Å²) in [5, 5.41) is 17.2. The van der Waals surface area contributed by atoms with E-state index in [4.69, 9.17) is 9.63 Å². The van der Waals surface area contributed by atoms with Gasteiger partial charge in [0.05, 0.1) is 11.8 Å². The molecule has 1 N–H and O–H groups in total. The fraction of sp³-hybridized carbons (Fsp3) is 0.263. The Morgan fingerprint density at radius 1 is 1.26 bits per heavy atom.